The van der Waals surface area contributed by atoms with Gasteiger partial charge in [0.2, 0.25) is 5.91 Å². The lowest BCUT2D eigenvalue weighted by Gasteiger charge is -2.29. The third kappa shape index (κ3) is 2.38. The molecule has 2 aliphatic rings. The topological polar surface area (TPSA) is 57.6 Å². The summed E-state index contributed by atoms with van der Waals surface area (Å²) in [6, 6.07) is 0.338. The minimum atomic E-state index is -0.777. The molecule has 1 saturated heterocycles. The molecule has 0 aromatic heterocycles. The molecule has 1 unspecified atom stereocenters. The van der Waals surface area contributed by atoms with Gasteiger partial charge in [0.1, 0.15) is 0 Å². The summed E-state index contributed by atoms with van der Waals surface area (Å²) < 4.78 is 0. The maximum atomic E-state index is 12.3. The van der Waals surface area contributed by atoms with Gasteiger partial charge in [-0.1, -0.05) is 19.8 Å². The Bertz CT molecular complexity index is 334. The number of nitrogens with zero attached hydrogens (tertiary/aromatic N) is 1. The zero-order chi connectivity index (χ0) is 13.2. The molecular formula is C14H23NO3. The van der Waals surface area contributed by atoms with Crippen molar-refractivity contribution in [2.75, 3.05) is 6.54 Å². The van der Waals surface area contributed by atoms with Gasteiger partial charge in [-0.05, 0) is 32.1 Å². The van der Waals surface area contributed by atoms with Gasteiger partial charge >= 0.3 is 5.97 Å². The van der Waals surface area contributed by atoms with Crippen molar-refractivity contribution >= 4 is 11.9 Å². The number of hydrogen-bond donors (Lipinski definition) is 1. The van der Waals surface area contributed by atoms with Crippen molar-refractivity contribution in [2.45, 2.75) is 64.3 Å². The van der Waals surface area contributed by atoms with Crippen molar-refractivity contribution in [2.24, 2.45) is 5.41 Å². The average molecular weight is 253 g/mol. The number of amides is 1. The van der Waals surface area contributed by atoms with Crippen LogP contribution in [0.4, 0.5) is 0 Å². The molecule has 0 aromatic rings. The molecule has 18 heavy (non-hydrogen) atoms. The first-order chi connectivity index (χ1) is 8.59. The molecule has 1 aliphatic carbocycles. The number of carbonyl (C=O) groups is 2. The van der Waals surface area contributed by atoms with Gasteiger partial charge in [0.05, 0.1) is 5.41 Å². The summed E-state index contributed by atoms with van der Waals surface area (Å²) in [6.45, 7) is 2.91. The number of hydrogen-bond acceptors (Lipinski definition) is 2. The molecule has 1 saturated carbocycles. The number of likely N-dealkylation sites (tertiary alicyclic amines) is 1. The first kappa shape index (κ1) is 13.4. The van der Waals surface area contributed by atoms with E-state index in [1.165, 1.54) is 0 Å². The highest BCUT2D eigenvalue weighted by molar-refractivity contribution is 5.85. The number of carboxylic acids is 1. The predicted molar refractivity (Wildman–Crippen MR) is 68.2 cm³/mol. The third-order valence-electron chi connectivity index (χ3n) is 4.67. The standard InChI is InChI=1S/C14H23NO3/c1-2-11-6-5-9-15(11)12(16)10-14(13(17)18)7-3-4-8-14/h11H,2-10H2,1H3,(H,17,18). The van der Waals surface area contributed by atoms with Crippen molar-refractivity contribution in [3.63, 3.8) is 0 Å². The minimum Gasteiger partial charge on any atom is -0.481 e. The SMILES string of the molecule is CCC1CCCN1C(=O)CC1(C(=O)O)CCCC1. The fourth-order valence-electron chi connectivity index (χ4n) is 3.50. The lowest BCUT2D eigenvalue weighted by atomic mass is 9.82. The minimum absolute atomic E-state index is 0.0589. The molecule has 0 radical (unpaired) electrons. The van der Waals surface area contributed by atoms with Crippen LogP contribution in [0.5, 0.6) is 0 Å². The molecule has 0 spiro atoms. The van der Waals surface area contributed by atoms with E-state index in [2.05, 4.69) is 6.92 Å². The number of carbonyl (C=O) groups excluding carboxylic acids is 1. The van der Waals surface area contributed by atoms with Crippen LogP contribution in [0.15, 0.2) is 0 Å². The van der Waals surface area contributed by atoms with E-state index in [0.29, 0.717) is 18.9 Å². The summed E-state index contributed by atoms with van der Waals surface area (Å²) in [4.78, 5) is 25.7. The Morgan fingerprint density at radius 3 is 2.50 bits per heavy atom. The predicted octanol–water partition coefficient (Wildman–Crippen LogP) is 2.42. The highest BCUT2D eigenvalue weighted by atomic mass is 16.4. The zero-order valence-electron chi connectivity index (χ0n) is 11.2. The number of rotatable bonds is 4. The van der Waals surface area contributed by atoms with E-state index in [1.54, 1.807) is 0 Å². The van der Waals surface area contributed by atoms with Gasteiger partial charge in [-0.2, -0.15) is 0 Å². The highest BCUT2D eigenvalue weighted by Gasteiger charge is 2.44. The molecule has 1 atom stereocenters. The van der Waals surface area contributed by atoms with Crippen LogP contribution >= 0.6 is 0 Å². The van der Waals surface area contributed by atoms with Gasteiger partial charge < -0.3 is 10.0 Å². The molecule has 1 amide bonds. The van der Waals surface area contributed by atoms with Gasteiger partial charge in [-0.3, -0.25) is 9.59 Å². The Kier molecular flexibility index (Phi) is 3.93. The van der Waals surface area contributed by atoms with Crippen LogP contribution in [0, 0.1) is 5.41 Å². The first-order valence-corrected chi connectivity index (χ1v) is 7.12. The van der Waals surface area contributed by atoms with Crippen LogP contribution in [-0.4, -0.2) is 34.5 Å². The molecular weight excluding hydrogens is 230 g/mol. The highest BCUT2D eigenvalue weighted by Crippen LogP contribution is 2.42. The van der Waals surface area contributed by atoms with E-state index in [0.717, 1.165) is 38.6 Å². The summed E-state index contributed by atoms with van der Waals surface area (Å²) in [5.41, 5.74) is -0.766. The maximum Gasteiger partial charge on any atom is 0.310 e. The Hall–Kier alpha value is -1.06. The maximum absolute atomic E-state index is 12.3. The molecule has 1 heterocycles. The van der Waals surface area contributed by atoms with Crippen LogP contribution in [-0.2, 0) is 9.59 Å². The third-order valence-corrected chi connectivity index (χ3v) is 4.67. The summed E-state index contributed by atoms with van der Waals surface area (Å²) >= 11 is 0. The Balaban J connectivity index is 2.03. The second kappa shape index (κ2) is 5.29. The molecule has 2 rings (SSSR count). The molecule has 1 aliphatic heterocycles. The van der Waals surface area contributed by atoms with Crippen molar-refractivity contribution < 1.29 is 14.7 Å². The van der Waals surface area contributed by atoms with Crippen LogP contribution < -0.4 is 0 Å². The van der Waals surface area contributed by atoms with Gasteiger partial charge in [0, 0.05) is 19.0 Å². The van der Waals surface area contributed by atoms with Gasteiger partial charge in [-0.15, -0.1) is 0 Å². The fourth-order valence-corrected chi connectivity index (χ4v) is 3.50. The molecule has 2 fully saturated rings. The lowest BCUT2D eigenvalue weighted by molar-refractivity contribution is -0.153. The Labute approximate surface area is 108 Å². The Morgan fingerprint density at radius 1 is 1.28 bits per heavy atom. The molecule has 0 bridgehead atoms. The van der Waals surface area contributed by atoms with Crippen LogP contribution in [0.25, 0.3) is 0 Å². The molecule has 4 nitrogen and oxygen atoms in total. The number of aliphatic carboxylic acids is 1. The van der Waals surface area contributed by atoms with Gasteiger partial charge in [0.25, 0.3) is 0 Å². The van der Waals surface area contributed by atoms with E-state index in [1.807, 2.05) is 4.90 Å². The second-order valence-corrected chi connectivity index (χ2v) is 5.76. The van der Waals surface area contributed by atoms with Crippen LogP contribution in [0.3, 0.4) is 0 Å². The zero-order valence-corrected chi connectivity index (χ0v) is 11.2. The van der Waals surface area contributed by atoms with Crippen molar-refractivity contribution in [3.8, 4) is 0 Å². The normalized spacial score (nSPS) is 26.5. The molecule has 4 heteroatoms. The van der Waals surface area contributed by atoms with Gasteiger partial charge in [0.15, 0.2) is 0 Å². The number of carboxylic acid groups (broad SMARTS) is 1. The summed E-state index contributed by atoms with van der Waals surface area (Å²) in [6.07, 6.45) is 6.53. The monoisotopic (exact) mass is 253 g/mol. The van der Waals surface area contributed by atoms with E-state index >= 15 is 0 Å². The van der Waals surface area contributed by atoms with E-state index in [9.17, 15) is 14.7 Å². The largest absolute Gasteiger partial charge is 0.481 e. The first-order valence-electron chi connectivity index (χ1n) is 7.12. The second-order valence-electron chi connectivity index (χ2n) is 5.76. The molecule has 0 aromatic carbocycles. The van der Waals surface area contributed by atoms with Crippen molar-refractivity contribution in [1.29, 1.82) is 0 Å². The van der Waals surface area contributed by atoms with E-state index < -0.39 is 11.4 Å². The average Bonchev–Trinajstić information content (AvgIpc) is 2.97. The summed E-state index contributed by atoms with van der Waals surface area (Å²) in [5.74, 6) is -0.718. The Morgan fingerprint density at radius 2 is 1.94 bits per heavy atom. The van der Waals surface area contributed by atoms with Crippen molar-refractivity contribution in [1.82, 2.24) is 4.90 Å². The van der Waals surface area contributed by atoms with Gasteiger partial charge in [-0.25, -0.2) is 0 Å². The molecule has 102 valence electrons. The van der Waals surface area contributed by atoms with Crippen molar-refractivity contribution in [3.05, 3.63) is 0 Å². The van der Waals surface area contributed by atoms with E-state index in [-0.39, 0.29) is 12.3 Å². The van der Waals surface area contributed by atoms with E-state index in [4.69, 9.17) is 0 Å². The van der Waals surface area contributed by atoms with Crippen LogP contribution in [0.1, 0.15) is 58.3 Å². The lowest BCUT2D eigenvalue weighted by Crippen LogP contribution is -2.40. The fraction of sp³-hybridized carbons (Fsp3) is 0.857. The molecule has 1 N–H and O–H groups in total. The van der Waals surface area contributed by atoms with Crippen LogP contribution in [0.2, 0.25) is 0 Å². The summed E-state index contributed by atoms with van der Waals surface area (Å²) in [7, 11) is 0. The quantitative estimate of drug-likeness (QED) is 0.837. The smallest absolute Gasteiger partial charge is 0.310 e. The summed E-state index contributed by atoms with van der Waals surface area (Å²) in [5, 5.41) is 9.41.